The van der Waals surface area contributed by atoms with E-state index in [0.29, 0.717) is 5.56 Å². The predicted octanol–water partition coefficient (Wildman–Crippen LogP) is 2.41. The van der Waals surface area contributed by atoms with Crippen molar-refractivity contribution in [2.45, 2.75) is 24.9 Å². The standard InChI is InChI=1S/C15H15NO3S/c1-11-5-7-13(8-6-11)20(18,19)16-9-12-3-2-4-15(17)14(12)10-16/h2-8,17H,9-10H2,1H3/i4D. The molecule has 1 N–H and O–H groups in total. The van der Waals surface area contributed by atoms with Crippen molar-refractivity contribution < 1.29 is 14.9 Å². The lowest BCUT2D eigenvalue weighted by atomic mass is 10.1. The molecule has 0 bridgehead atoms. The number of nitrogens with zero attached hydrogens (tertiary/aromatic N) is 1. The van der Waals surface area contributed by atoms with E-state index in [0.717, 1.165) is 11.1 Å². The zero-order valence-corrected chi connectivity index (χ0v) is 11.8. The molecule has 0 amide bonds. The second-order valence-electron chi connectivity index (χ2n) is 4.92. The highest BCUT2D eigenvalue weighted by Crippen LogP contribution is 2.33. The zero-order chi connectivity index (χ0) is 15.2. The van der Waals surface area contributed by atoms with Crippen LogP contribution in [0, 0.1) is 6.92 Å². The first kappa shape index (κ1) is 11.9. The van der Waals surface area contributed by atoms with Gasteiger partial charge in [0.05, 0.1) is 6.27 Å². The highest BCUT2D eigenvalue weighted by atomic mass is 32.2. The van der Waals surface area contributed by atoms with Crippen LogP contribution in [-0.2, 0) is 23.1 Å². The summed E-state index contributed by atoms with van der Waals surface area (Å²) < 4.78 is 34.1. The Morgan fingerprint density at radius 2 is 1.90 bits per heavy atom. The van der Waals surface area contributed by atoms with Gasteiger partial charge in [0.15, 0.2) is 0 Å². The zero-order valence-electron chi connectivity index (χ0n) is 12.0. The molecule has 5 heteroatoms. The smallest absolute Gasteiger partial charge is 0.243 e. The first-order chi connectivity index (χ1) is 9.89. The second kappa shape index (κ2) is 4.61. The minimum atomic E-state index is -3.59. The van der Waals surface area contributed by atoms with E-state index in [4.69, 9.17) is 1.37 Å². The monoisotopic (exact) mass is 290 g/mol. The highest BCUT2D eigenvalue weighted by molar-refractivity contribution is 7.89. The number of hydrogen-bond donors (Lipinski definition) is 1. The molecule has 0 fully saturated rings. The summed E-state index contributed by atoms with van der Waals surface area (Å²) in [6, 6.07) is 9.89. The Hall–Kier alpha value is -1.85. The van der Waals surface area contributed by atoms with E-state index in [1.54, 1.807) is 30.3 Å². The lowest BCUT2D eigenvalue weighted by molar-refractivity contribution is 0.422. The van der Waals surface area contributed by atoms with Crippen molar-refractivity contribution in [3.8, 4) is 5.75 Å². The largest absolute Gasteiger partial charge is 0.508 e. The van der Waals surface area contributed by atoms with Crippen LogP contribution in [0.15, 0.2) is 47.3 Å². The van der Waals surface area contributed by atoms with Gasteiger partial charge in [-0.3, -0.25) is 0 Å². The van der Waals surface area contributed by atoms with Crippen LogP contribution in [-0.4, -0.2) is 17.8 Å². The molecule has 0 radical (unpaired) electrons. The number of aryl methyl sites for hydroxylation is 1. The molecule has 0 atom stereocenters. The summed E-state index contributed by atoms with van der Waals surface area (Å²) in [4.78, 5) is 0.242. The number of hydrogen-bond acceptors (Lipinski definition) is 3. The fourth-order valence-corrected chi connectivity index (χ4v) is 3.72. The number of aromatic hydroxyl groups is 1. The molecule has 1 heterocycles. The third-order valence-corrected chi connectivity index (χ3v) is 5.32. The molecule has 2 aromatic carbocycles. The Bertz CT molecular complexity index is 800. The molecule has 3 rings (SSSR count). The van der Waals surface area contributed by atoms with Crippen molar-refractivity contribution in [2.24, 2.45) is 0 Å². The third kappa shape index (κ3) is 2.09. The fraction of sp³-hybridized carbons (Fsp3) is 0.200. The quantitative estimate of drug-likeness (QED) is 0.924. The molecule has 0 aromatic heterocycles. The Morgan fingerprint density at radius 1 is 1.20 bits per heavy atom. The van der Waals surface area contributed by atoms with Gasteiger partial charge in [-0.1, -0.05) is 29.8 Å². The topological polar surface area (TPSA) is 57.6 Å². The van der Waals surface area contributed by atoms with E-state index >= 15 is 0 Å². The summed E-state index contributed by atoms with van der Waals surface area (Å²) in [5.41, 5.74) is 2.27. The summed E-state index contributed by atoms with van der Waals surface area (Å²) in [7, 11) is -3.59. The molecule has 104 valence electrons. The molecule has 0 unspecified atom stereocenters. The van der Waals surface area contributed by atoms with Crippen molar-refractivity contribution in [3.05, 3.63) is 59.1 Å². The highest BCUT2D eigenvalue weighted by Gasteiger charge is 2.31. The Kier molecular flexibility index (Phi) is 2.75. The van der Waals surface area contributed by atoms with E-state index in [1.807, 2.05) is 6.92 Å². The molecule has 1 aliphatic rings. The van der Waals surface area contributed by atoms with Gasteiger partial charge in [0, 0.05) is 18.7 Å². The summed E-state index contributed by atoms with van der Waals surface area (Å²) in [5.74, 6) is -0.130. The molecule has 0 saturated heterocycles. The number of phenolic OH excluding ortho intramolecular Hbond substituents is 1. The molecular weight excluding hydrogens is 274 g/mol. The summed E-state index contributed by atoms with van der Waals surface area (Å²) in [6.07, 6.45) is 0. The third-order valence-electron chi connectivity index (χ3n) is 3.52. The van der Waals surface area contributed by atoms with Crippen LogP contribution in [0.2, 0.25) is 0 Å². The molecule has 1 aliphatic heterocycles. The minimum absolute atomic E-state index is 0.0170. The molecular formula is C15H15NO3S. The van der Waals surface area contributed by atoms with Crippen LogP contribution in [0.1, 0.15) is 18.1 Å². The number of sulfonamides is 1. The van der Waals surface area contributed by atoms with Gasteiger partial charge < -0.3 is 5.11 Å². The Labute approximate surface area is 119 Å². The van der Waals surface area contributed by atoms with Crippen LogP contribution in [0.25, 0.3) is 0 Å². The summed E-state index contributed by atoms with van der Waals surface area (Å²) in [6.45, 7) is 2.22. The van der Waals surface area contributed by atoms with E-state index in [9.17, 15) is 13.5 Å². The van der Waals surface area contributed by atoms with Crippen molar-refractivity contribution in [1.29, 1.82) is 0 Å². The van der Waals surface area contributed by atoms with Crippen molar-refractivity contribution in [1.82, 2.24) is 4.31 Å². The Morgan fingerprint density at radius 3 is 2.60 bits per heavy atom. The lowest BCUT2D eigenvalue weighted by Crippen LogP contribution is -2.25. The van der Waals surface area contributed by atoms with Crippen molar-refractivity contribution >= 4 is 10.0 Å². The van der Waals surface area contributed by atoms with Crippen LogP contribution in [0.5, 0.6) is 5.75 Å². The van der Waals surface area contributed by atoms with E-state index < -0.39 is 10.0 Å². The molecule has 20 heavy (non-hydrogen) atoms. The van der Waals surface area contributed by atoms with Crippen LogP contribution in [0.3, 0.4) is 0 Å². The first-order valence-corrected chi connectivity index (χ1v) is 7.71. The van der Waals surface area contributed by atoms with Crippen LogP contribution in [0.4, 0.5) is 0 Å². The lowest BCUT2D eigenvalue weighted by Gasteiger charge is -2.15. The van der Waals surface area contributed by atoms with Gasteiger partial charge in [0.2, 0.25) is 10.0 Å². The normalized spacial score (nSPS) is 15.9. The van der Waals surface area contributed by atoms with Gasteiger partial charge in [-0.15, -0.1) is 0 Å². The van der Waals surface area contributed by atoms with E-state index in [-0.39, 0.29) is 29.8 Å². The van der Waals surface area contributed by atoms with Crippen molar-refractivity contribution in [2.75, 3.05) is 0 Å². The summed E-state index contributed by atoms with van der Waals surface area (Å²) in [5, 5.41) is 9.90. The van der Waals surface area contributed by atoms with Gasteiger partial charge >= 0.3 is 0 Å². The number of fused-ring (bicyclic) bond motifs is 1. The van der Waals surface area contributed by atoms with Gasteiger partial charge in [0.1, 0.15) is 5.75 Å². The van der Waals surface area contributed by atoms with Gasteiger partial charge in [-0.2, -0.15) is 4.31 Å². The molecule has 4 nitrogen and oxygen atoms in total. The summed E-state index contributed by atoms with van der Waals surface area (Å²) >= 11 is 0. The molecule has 2 aromatic rings. The molecule has 0 aliphatic carbocycles. The maximum Gasteiger partial charge on any atom is 0.243 e. The first-order valence-electron chi connectivity index (χ1n) is 6.77. The van der Waals surface area contributed by atoms with Gasteiger partial charge in [-0.05, 0) is 30.7 Å². The maximum absolute atomic E-state index is 12.6. The van der Waals surface area contributed by atoms with E-state index in [1.165, 1.54) is 10.4 Å². The maximum atomic E-state index is 12.6. The number of phenols is 1. The number of benzene rings is 2. The van der Waals surface area contributed by atoms with E-state index in [2.05, 4.69) is 0 Å². The minimum Gasteiger partial charge on any atom is -0.508 e. The fourth-order valence-electron chi connectivity index (χ4n) is 2.34. The average Bonchev–Trinajstić information content (AvgIpc) is 2.89. The second-order valence-corrected chi connectivity index (χ2v) is 6.85. The SMILES string of the molecule is [2H]c1ccc2c(c1O)CN(S(=O)(=O)c1ccc(C)cc1)C2. The number of rotatable bonds is 2. The molecule has 0 saturated carbocycles. The van der Waals surface area contributed by atoms with Crippen LogP contribution < -0.4 is 0 Å². The van der Waals surface area contributed by atoms with Gasteiger partial charge in [0.25, 0.3) is 0 Å². The predicted molar refractivity (Wildman–Crippen MR) is 75.7 cm³/mol. The van der Waals surface area contributed by atoms with Gasteiger partial charge in [-0.25, -0.2) is 8.42 Å². The molecule has 0 spiro atoms. The van der Waals surface area contributed by atoms with Crippen molar-refractivity contribution in [3.63, 3.8) is 0 Å². The average molecular weight is 290 g/mol. The van der Waals surface area contributed by atoms with Crippen LogP contribution >= 0.6 is 0 Å². The Balaban J connectivity index is 1.97.